The Kier molecular flexibility index (Phi) is 6.20. The van der Waals surface area contributed by atoms with Crippen LogP contribution < -0.4 is 10.9 Å². The van der Waals surface area contributed by atoms with E-state index in [0.29, 0.717) is 28.8 Å². The van der Waals surface area contributed by atoms with Crippen LogP contribution in [0.25, 0.3) is 10.9 Å². The van der Waals surface area contributed by atoms with Crippen LogP contribution in [0.4, 0.5) is 5.69 Å². The van der Waals surface area contributed by atoms with Crippen LogP contribution in [0, 0.1) is 0 Å². The van der Waals surface area contributed by atoms with Crippen molar-refractivity contribution in [2.75, 3.05) is 11.9 Å². The molecule has 0 atom stereocenters. The molecule has 28 heavy (non-hydrogen) atoms. The first-order valence-corrected chi connectivity index (χ1v) is 9.49. The number of carbonyl (C=O) groups excluding carboxylic acids is 2. The van der Waals surface area contributed by atoms with Gasteiger partial charge in [0.2, 0.25) is 5.91 Å². The first-order chi connectivity index (χ1) is 13.5. The molecule has 1 heterocycles. The van der Waals surface area contributed by atoms with Crippen molar-refractivity contribution >= 4 is 44.4 Å². The molecule has 0 aliphatic carbocycles. The smallest absolute Gasteiger partial charge is 0.338 e. The molecule has 0 unspecified atom stereocenters. The molecule has 1 amide bonds. The molecule has 144 valence electrons. The van der Waals surface area contributed by atoms with E-state index in [1.807, 2.05) is 6.07 Å². The zero-order valence-electron chi connectivity index (χ0n) is 15.1. The number of nitrogens with zero attached hydrogens (tertiary/aromatic N) is 2. The van der Waals surface area contributed by atoms with Gasteiger partial charge in [0.25, 0.3) is 5.56 Å². The van der Waals surface area contributed by atoms with Crippen LogP contribution in [-0.2, 0) is 16.1 Å². The van der Waals surface area contributed by atoms with Gasteiger partial charge in [0.1, 0.15) is 0 Å². The van der Waals surface area contributed by atoms with Gasteiger partial charge in [0.15, 0.2) is 0 Å². The first-order valence-electron chi connectivity index (χ1n) is 8.69. The van der Waals surface area contributed by atoms with Crippen LogP contribution in [0.15, 0.2) is 58.1 Å². The van der Waals surface area contributed by atoms with Crippen LogP contribution in [0.1, 0.15) is 23.7 Å². The topological polar surface area (TPSA) is 90.3 Å². The van der Waals surface area contributed by atoms with Crippen molar-refractivity contribution < 1.29 is 14.3 Å². The summed E-state index contributed by atoms with van der Waals surface area (Å²) in [5.41, 5.74) is 1.39. The van der Waals surface area contributed by atoms with Crippen LogP contribution in [0.2, 0.25) is 0 Å². The summed E-state index contributed by atoms with van der Waals surface area (Å²) >= 11 is 3.34. The normalized spacial score (nSPS) is 10.6. The van der Waals surface area contributed by atoms with Crippen molar-refractivity contribution in [2.24, 2.45) is 0 Å². The van der Waals surface area contributed by atoms with Gasteiger partial charge in [-0.25, -0.2) is 9.78 Å². The number of anilines is 1. The molecular weight excluding hydrogens is 426 g/mol. The largest absolute Gasteiger partial charge is 0.462 e. The Labute approximate surface area is 169 Å². The number of halogens is 1. The standard InChI is InChI=1S/C20H18BrN3O4/c1-2-28-20(27)13-3-6-15(7-4-13)23-18(25)9-10-24-12-22-17-8-5-14(21)11-16(17)19(24)26/h3-8,11-12H,2,9-10H2,1H3,(H,23,25). The highest BCUT2D eigenvalue weighted by atomic mass is 79.9. The van der Waals surface area contributed by atoms with E-state index in [4.69, 9.17) is 4.74 Å². The van der Waals surface area contributed by atoms with Crippen molar-refractivity contribution in [3.8, 4) is 0 Å². The molecule has 1 N–H and O–H groups in total. The van der Waals surface area contributed by atoms with Gasteiger partial charge >= 0.3 is 5.97 Å². The molecule has 3 aromatic rings. The van der Waals surface area contributed by atoms with Crippen molar-refractivity contribution in [1.29, 1.82) is 0 Å². The average Bonchev–Trinajstić information content (AvgIpc) is 2.68. The molecule has 8 heteroatoms. The van der Waals surface area contributed by atoms with Crippen molar-refractivity contribution in [2.45, 2.75) is 19.9 Å². The number of esters is 1. The highest BCUT2D eigenvalue weighted by Gasteiger charge is 2.09. The lowest BCUT2D eigenvalue weighted by atomic mass is 10.2. The van der Waals surface area contributed by atoms with E-state index in [9.17, 15) is 14.4 Å². The van der Waals surface area contributed by atoms with Gasteiger partial charge in [-0.2, -0.15) is 0 Å². The third-order valence-corrected chi connectivity index (χ3v) is 4.54. The summed E-state index contributed by atoms with van der Waals surface area (Å²) in [5, 5.41) is 3.23. The fourth-order valence-electron chi connectivity index (χ4n) is 2.64. The molecule has 0 fully saturated rings. The Morgan fingerprint density at radius 3 is 2.64 bits per heavy atom. The van der Waals surface area contributed by atoms with Crippen molar-refractivity contribution in [3.05, 3.63) is 69.2 Å². The van der Waals surface area contributed by atoms with Crippen LogP contribution in [0.5, 0.6) is 0 Å². The summed E-state index contributed by atoms with van der Waals surface area (Å²) in [7, 11) is 0. The Morgan fingerprint density at radius 2 is 1.93 bits per heavy atom. The maximum atomic E-state index is 12.5. The van der Waals surface area contributed by atoms with Crippen molar-refractivity contribution in [1.82, 2.24) is 9.55 Å². The minimum absolute atomic E-state index is 0.112. The van der Waals surface area contributed by atoms with Crippen molar-refractivity contribution in [3.63, 3.8) is 0 Å². The Morgan fingerprint density at radius 1 is 1.18 bits per heavy atom. The van der Waals surface area contributed by atoms with E-state index in [2.05, 4.69) is 26.2 Å². The number of hydrogen-bond acceptors (Lipinski definition) is 5. The van der Waals surface area contributed by atoms with E-state index in [1.165, 1.54) is 10.9 Å². The average molecular weight is 444 g/mol. The van der Waals surface area contributed by atoms with E-state index in [0.717, 1.165) is 4.47 Å². The number of amides is 1. The zero-order valence-corrected chi connectivity index (χ0v) is 16.7. The van der Waals surface area contributed by atoms with Gasteiger partial charge < -0.3 is 10.1 Å². The molecule has 1 aromatic heterocycles. The predicted octanol–water partition coefficient (Wildman–Crippen LogP) is 3.36. The fourth-order valence-corrected chi connectivity index (χ4v) is 3.00. The number of fused-ring (bicyclic) bond motifs is 1. The number of aromatic nitrogens is 2. The van der Waals surface area contributed by atoms with Gasteiger partial charge in [-0.15, -0.1) is 0 Å². The molecule has 0 radical (unpaired) electrons. The number of aryl methyl sites for hydroxylation is 1. The summed E-state index contributed by atoms with van der Waals surface area (Å²) in [4.78, 5) is 40.6. The van der Waals surface area contributed by atoms with E-state index in [-0.39, 0.29) is 24.4 Å². The summed E-state index contributed by atoms with van der Waals surface area (Å²) in [6, 6.07) is 11.7. The minimum atomic E-state index is -0.407. The number of hydrogen-bond donors (Lipinski definition) is 1. The second kappa shape index (κ2) is 8.79. The summed E-state index contributed by atoms with van der Waals surface area (Å²) in [5.74, 6) is -0.652. The third kappa shape index (κ3) is 4.64. The van der Waals surface area contributed by atoms with Crippen LogP contribution >= 0.6 is 15.9 Å². The number of benzene rings is 2. The molecule has 0 aliphatic rings. The number of ether oxygens (including phenoxy) is 1. The molecule has 0 bridgehead atoms. The lowest BCUT2D eigenvalue weighted by molar-refractivity contribution is -0.116. The van der Waals surface area contributed by atoms with E-state index < -0.39 is 5.97 Å². The minimum Gasteiger partial charge on any atom is -0.462 e. The third-order valence-electron chi connectivity index (χ3n) is 4.05. The van der Waals surface area contributed by atoms with Gasteiger partial charge in [-0.05, 0) is 49.4 Å². The molecule has 0 saturated carbocycles. The lowest BCUT2D eigenvalue weighted by Gasteiger charge is -2.08. The van der Waals surface area contributed by atoms with E-state index >= 15 is 0 Å². The Balaban J connectivity index is 1.63. The predicted molar refractivity (Wildman–Crippen MR) is 109 cm³/mol. The first kappa shape index (κ1) is 19.8. The summed E-state index contributed by atoms with van der Waals surface area (Å²) < 4.78 is 7.13. The van der Waals surface area contributed by atoms with Gasteiger partial charge in [0, 0.05) is 23.1 Å². The quantitative estimate of drug-likeness (QED) is 0.589. The molecule has 7 nitrogen and oxygen atoms in total. The summed E-state index contributed by atoms with van der Waals surface area (Å²) in [6.45, 7) is 2.25. The number of rotatable bonds is 6. The maximum absolute atomic E-state index is 12.5. The van der Waals surface area contributed by atoms with Gasteiger partial charge in [-0.3, -0.25) is 14.2 Å². The SMILES string of the molecule is CCOC(=O)c1ccc(NC(=O)CCn2cnc3ccc(Br)cc3c2=O)cc1. The Bertz CT molecular complexity index is 1080. The highest BCUT2D eigenvalue weighted by molar-refractivity contribution is 9.10. The molecular formula is C20H18BrN3O4. The maximum Gasteiger partial charge on any atom is 0.338 e. The fraction of sp³-hybridized carbons (Fsp3) is 0.200. The molecule has 2 aromatic carbocycles. The van der Waals surface area contributed by atoms with Crippen LogP contribution in [-0.4, -0.2) is 28.0 Å². The number of nitrogens with one attached hydrogen (secondary N) is 1. The zero-order chi connectivity index (χ0) is 20.1. The van der Waals surface area contributed by atoms with Gasteiger partial charge in [-0.1, -0.05) is 15.9 Å². The molecule has 0 aliphatic heterocycles. The Hall–Kier alpha value is -3.00. The molecule has 0 spiro atoms. The second-order valence-electron chi connectivity index (χ2n) is 6.00. The highest BCUT2D eigenvalue weighted by Crippen LogP contribution is 2.15. The summed E-state index contributed by atoms with van der Waals surface area (Å²) in [6.07, 6.45) is 1.56. The lowest BCUT2D eigenvalue weighted by Crippen LogP contribution is -2.23. The van der Waals surface area contributed by atoms with Crippen LogP contribution in [0.3, 0.4) is 0 Å². The molecule has 3 rings (SSSR count). The monoisotopic (exact) mass is 443 g/mol. The molecule has 0 saturated heterocycles. The van der Waals surface area contributed by atoms with Gasteiger partial charge in [0.05, 0.1) is 29.4 Å². The number of carbonyl (C=O) groups is 2. The second-order valence-corrected chi connectivity index (χ2v) is 6.92. The van der Waals surface area contributed by atoms with E-state index in [1.54, 1.807) is 43.3 Å².